The molecule has 0 aromatic heterocycles. The summed E-state index contributed by atoms with van der Waals surface area (Å²) in [5, 5.41) is 11.7. The predicted octanol–water partition coefficient (Wildman–Crippen LogP) is 3.03. The van der Waals surface area contributed by atoms with E-state index in [1.165, 1.54) is 0 Å². The maximum Gasteiger partial charge on any atom is 0.303 e. The second-order valence-corrected chi connectivity index (χ2v) is 4.30. The van der Waals surface area contributed by atoms with Crippen LogP contribution in [0.25, 0.3) is 0 Å². The number of hydrogen-bond donors (Lipinski definition) is 2. The molecular weight excluding hydrogens is 258 g/mol. The molecule has 0 aliphatic carbocycles. The molecule has 0 radical (unpaired) electrons. The molecule has 0 saturated heterocycles. The van der Waals surface area contributed by atoms with Crippen molar-refractivity contribution in [1.29, 1.82) is 0 Å². The minimum atomic E-state index is -0.746. The van der Waals surface area contributed by atoms with Crippen molar-refractivity contribution in [3.63, 3.8) is 0 Å². The molecule has 1 aromatic carbocycles. The van der Waals surface area contributed by atoms with Gasteiger partial charge in [0, 0.05) is 23.1 Å². The molecule has 0 spiro atoms. The summed E-state index contributed by atoms with van der Waals surface area (Å²) >= 11 is 3.39. The molecule has 0 aliphatic rings. The van der Waals surface area contributed by atoms with E-state index >= 15 is 0 Å². The number of carboxylic acid groups (broad SMARTS) is 1. The fourth-order valence-electron chi connectivity index (χ4n) is 1.29. The van der Waals surface area contributed by atoms with Crippen LogP contribution in [0.4, 0.5) is 5.69 Å². The van der Waals surface area contributed by atoms with E-state index in [1.807, 2.05) is 25.1 Å². The van der Waals surface area contributed by atoms with Crippen molar-refractivity contribution in [3.8, 4) is 0 Å². The molecule has 15 heavy (non-hydrogen) atoms. The van der Waals surface area contributed by atoms with Crippen molar-refractivity contribution in [1.82, 2.24) is 0 Å². The van der Waals surface area contributed by atoms with Gasteiger partial charge in [-0.05, 0) is 37.1 Å². The molecule has 0 heterocycles. The summed E-state index contributed by atoms with van der Waals surface area (Å²) in [6.45, 7) is 2.71. The molecule has 0 unspecified atom stereocenters. The van der Waals surface area contributed by atoms with Crippen molar-refractivity contribution in [2.45, 2.75) is 19.8 Å². The van der Waals surface area contributed by atoms with Crippen LogP contribution >= 0.6 is 15.9 Å². The number of aryl methyl sites for hydroxylation is 1. The van der Waals surface area contributed by atoms with E-state index in [0.717, 1.165) is 15.7 Å². The highest BCUT2D eigenvalue weighted by molar-refractivity contribution is 9.10. The second kappa shape index (κ2) is 5.75. The smallest absolute Gasteiger partial charge is 0.303 e. The van der Waals surface area contributed by atoms with Crippen molar-refractivity contribution in [2.24, 2.45) is 0 Å². The van der Waals surface area contributed by atoms with Crippen molar-refractivity contribution in [2.75, 3.05) is 11.9 Å². The molecule has 0 aliphatic heterocycles. The highest BCUT2D eigenvalue weighted by Crippen LogP contribution is 2.19. The SMILES string of the molecule is Cc1cc(Br)ccc1NCCCC(=O)O. The van der Waals surface area contributed by atoms with E-state index in [4.69, 9.17) is 5.11 Å². The normalized spacial score (nSPS) is 10.0. The van der Waals surface area contributed by atoms with Gasteiger partial charge in [0.15, 0.2) is 0 Å². The van der Waals surface area contributed by atoms with Crippen molar-refractivity contribution < 1.29 is 9.90 Å². The van der Waals surface area contributed by atoms with Crippen LogP contribution in [0.15, 0.2) is 22.7 Å². The minimum absolute atomic E-state index is 0.211. The summed E-state index contributed by atoms with van der Waals surface area (Å²) in [6, 6.07) is 5.98. The number of nitrogens with one attached hydrogen (secondary N) is 1. The minimum Gasteiger partial charge on any atom is -0.481 e. The number of carboxylic acids is 1. The molecule has 0 amide bonds. The number of rotatable bonds is 5. The first-order chi connectivity index (χ1) is 7.09. The topological polar surface area (TPSA) is 49.3 Å². The lowest BCUT2D eigenvalue weighted by atomic mass is 10.2. The van der Waals surface area contributed by atoms with Gasteiger partial charge in [-0.15, -0.1) is 0 Å². The number of benzene rings is 1. The molecule has 82 valence electrons. The van der Waals surface area contributed by atoms with Crippen LogP contribution in [0.1, 0.15) is 18.4 Å². The maximum atomic E-state index is 10.3. The summed E-state index contributed by atoms with van der Waals surface area (Å²) in [5.41, 5.74) is 2.21. The highest BCUT2D eigenvalue weighted by Gasteiger charge is 1.99. The highest BCUT2D eigenvalue weighted by atomic mass is 79.9. The molecule has 0 fully saturated rings. The second-order valence-electron chi connectivity index (χ2n) is 3.38. The Balaban J connectivity index is 2.40. The molecule has 4 heteroatoms. The third-order valence-electron chi connectivity index (χ3n) is 2.07. The summed E-state index contributed by atoms with van der Waals surface area (Å²) in [7, 11) is 0. The van der Waals surface area contributed by atoms with Gasteiger partial charge in [0.25, 0.3) is 0 Å². The van der Waals surface area contributed by atoms with Crippen LogP contribution < -0.4 is 5.32 Å². The number of halogens is 1. The largest absolute Gasteiger partial charge is 0.481 e. The Morgan fingerprint density at radius 2 is 2.27 bits per heavy atom. The number of hydrogen-bond acceptors (Lipinski definition) is 2. The van der Waals surface area contributed by atoms with Gasteiger partial charge in [0.2, 0.25) is 0 Å². The first-order valence-electron chi connectivity index (χ1n) is 4.81. The molecular formula is C11H14BrNO2. The molecule has 0 bridgehead atoms. The fourth-order valence-corrected chi connectivity index (χ4v) is 1.76. The van der Waals surface area contributed by atoms with Crippen molar-refractivity contribution >= 4 is 27.6 Å². The number of carbonyl (C=O) groups is 1. The first-order valence-corrected chi connectivity index (χ1v) is 5.60. The molecule has 1 rings (SSSR count). The zero-order chi connectivity index (χ0) is 11.3. The molecule has 3 nitrogen and oxygen atoms in total. The quantitative estimate of drug-likeness (QED) is 0.810. The van der Waals surface area contributed by atoms with Crippen LogP contribution in [0.2, 0.25) is 0 Å². The Morgan fingerprint density at radius 1 is 1.53 bits per heavy atom. The lowest BCUT2D eigenvalue weighted by Gasteiger charge is -2.08. The zero-order valence-electron chi connectivity index (χ0n) is 8.59. The van der Waals surface area contributed by atoms with E-state index in [-0.39, 0.29) is 6.42 Å². The summed E-state index contributed by atoms with van der Waals surface area (Å²) in [5.74, 6) is -0.746. The van der Waals surface area contributed by atoms with Crippen LogP contribution in [0, 0.1) is 6.92 Å². The van der Waals surface area contributed by atoms with Crippen LogP contribution in [0.3, 0.4) is 0 Å². The molecule has 0 atom stereocenters. The Bertz CT molecular complexity index is 352. The van der Waals surface area contributed by atoms with E-state index < -0.39 is 5.97 Å². The molecule has 1 aromatic rings. The van der Waals surface area contributed by atoms with Crippen molar-refractivity contribution in [3.05, 3.63) is 28.2 Å². The van der Waals surface area contributed by atoms with E-state index in [2.05, 4.69) is 21.2 Å². The van der Waals surface area contributed by atoms with E-state index in [0.29, 0.717) is 13.0 Å². The number of aliphatic carboxylic acids is 1. The zero-order valence-corrected chi connectivity index (χ0v) is 10.2. The third kappa shape index (κ3) is 4.34. The fraction of sp³-hybridized carbons (Fsp3) is 0.364. The van der Waals surface area contributed by atoms with E-state index in [9.17, 15) is 4.79 Å². The van der Waals surface area contributed by atoms with Crippen LogP contribution in [-0.2, 0) is 4.79 Å². The van der Waals surface area contributed by atoms with Crippen LogP contribution in [-0.4, -0.2) is 17.6 Å². The Kier molecular flexibility index (Phi) is 4.62. The van der Waals surface area contributed by atoms with Gasteiger partial charge in [0.1, 0.15) is 0 Å². The molecule has 0 saturated carbocycles. The average Bonchev–Trinajstić information content (AvgIpc) is 2.14. The van der Waals surface area contributed by atoms with Gasteiger partial charge < -0.3 is 10.4 Å². The maximum absolute atomic E-state index is 10.3. The number of anilines is 1. The van der Waals surface area contributed by atoms with E-state index in [1.54, 1.807) is 0 Å². The Hall–Kier alpha value is -1.03. The van der Waals surface area contributed by atoms with Gasteiger partial charge in [-0.2, -0.15) is 0 Å². The lowest BCUT2D eigenvalue weighted by Crippen LogP contribution is -2.05. The van der Waals surface area contributed by atoms with Gasteiger partial charge >= 0.3 is 5.97 Å². The van der Waals surface area contributed by atoms with Gasteiger partial charge in [0.05, 0.1) is 0 Å². The van der Waals surface area contributed by atoms with Crippen LogP contribution in [0.5, 0.6) is 0 Å². The first kappa shape index (κ1) is 12.0. The van der Waals surface area contributed by atoms with Gasteiger partial charge in [-0.3, -0.25) is 4.79 Å². The standard InChI is InChI=1S/C11H14BrNO2/c1-8-7-9(12)4-5-10(8)13-6-2-3-11(14)15/h4-5,7,13H,2-3,6H2,1H3,(H,14,15). The Morgan fingerprint density at radius 3 is 2.87 bits per heavy atom. The predicted molar refractivity (Wildman–Crippen MR) is 64.2 cm³/mol. The average molecular weight is 272 g/mol. The Labute approximate surface area is 97.6 Å². The van der Waals surface area contributed by atoms with Gasteiger partial charge in [-0.25, -0.2) is 0 Å². The summed E-state index contributed by atoms with van der Waals surface area (Å²) < 4.78 is 1.05. The lowest BCUT2D eigenvalue weighted by molar-refractivity contribution is -0.137. The monoisotopic (exact) mass is 271 g/mol. The summed E-state index contributed by atoms with van der Waals surface area (Å²) in [4.78, 5) is 10.3. The summed E-state index contributed by atoms with van der Waals surface area (Å²) in [6.07, 6.45) is 0.855. The van der Waals surface area contributed by atoms with Gasteiger partial charge in [-0.1, -0.05) is 15.9 Å². The third-order valence-corrected chi connectivity index (χ3v) is 2.56. The molecule has 2 N–H and O–H groups in total.